The molecule has 3 saturated heterocycles. The first-order chi connectivity index (χ1) is 32.3. The van der Waals surface area contributed by atoms with E-state index in [0.717, 1.165) is 109 Å². The van der Waals surface area contributed by atoms with Crippen LogP contribution >= 0.6 is 0 Å². The van der Waals surface area contributed by atoms with Crippen LogP contribution in [0, 0.1) is 68.5 Å². The largest absolute Gasteiger partial charge is 0.481 e. The Kier molecular flexibility index (Phi) is 26.4. The number of hydrogen-bond acceptors (Lipinski definition) is 8. The number of carboxylic acid groups (broad SMARTS) is 1. The number of rotatable bonds is 5. The highest BCUT2D eigenvalue weighted by Gasteiger charge is 2.36. The number of carbonyl (C=O) groups is 7. The second-order valence-corrected chi connectivity index (χ2v) is 27.5. The highest BCUT2D eigenvalue weighted by atomic mass is 16.4. The molecule has 5 rings (SSSR count). The monoisotopic (exact) mass is 1000 g/mol. The third kappa shape index (κ3) is 23.7. The zero-order valence-electron chi connectivity index (χ0n) is 48.9. The zero-order valence-corrected chi connectivity index (χ0v) is 48.9. The fraction of sp³-hybridized carbons (Fsp3) is 0.881. The van der Waals surface area contributed by atoms with Crippen molar-refractivity contribution < 1.29 is 43.8 Å². The summed E-state index contributed by atoms with van der Waals surface area (Å²) in [7, 11) is 0. The lowest BCUT2D eigenvalue weighted by Gasteiger charge is -2.40. The lowest BCUT2D eigenvalue weighted by Crippen LogP contribution is -2.46. The third-order valence-electron chi connectivity index (χ3n) is 16.6. The van der Waals surface area contributed by atoms with Crippen LogP contribution in [0.2, 0.25) is 0 Å². The van der Waals surface area contributed by atoms with Gasteiger partial charge in [0.05, 0.1) is 5.92 Å². The van der Waals surface area contributed by atoms with Crippen molar-refractivity contribution in [2.24, 2.45) is 68.5 Å². The molecule has 3 heterocycles. The summed E-state index contributed by atoms with van der Waals surface area (Å²) in [5.41, 5.74) is 1.39. The van der Waals surface area contributed by atoms with Crippen molar-refractivity contribution >= 4 is 41.0 Å². The van der Waals surface area contributed by atoms with Gasteiger partial charge in [-0.05, 0) is 154 Å². The summed E-state index contributed by atoms with van der Waals surface area (Å²) in [4.78, 5) is 84.0. The Morgan fingerprint density at radius 2 is 0.746 bits per heavy atom. The van der Waals surface area contributed by atoms with Crippen molar-refractivity contribution in [3.05, 3.63) is 0 Å². The summed E-state index contributed by atoms with van der Waals surface area (Å²) >= 11 is 0. The molecule has 2 aliphatic carbocycles. The van der Waals surface area contributed by atoms with Crippen LogP contribution in [0.15, 0.2) is 0 Å². The molecule has 5 aliphatic rings. The van der Waals surface area contributed by atoms with Gasteiger partial charge < -0.3 is 24.9 Å². The molecule has 71 heavy (non-hydrogen) atoms. The van der Waals surface area contributed by atoms with Crippen molar-refractivity contribution in [1.29, 1.82) is 0 Å². The van der Waals surface area contributed by atoms with E-state index >= 15 is 0 Å². The highest BCUT2D eigenvalue weighted by molar-refractivity contribution is 6.35. The molecule has 6 atom stereocenters. The number of piperidine rings is 3. The van der Waals surface area contributed by atoms with Gasteiger partial charge in [0.2, 0.25) is 11.6 Å². The van der Waals surface area contributed by atoms with E-state index in [-0.39, 0.29) is 56.9 Å². The standard InChI is InChI=1S/C12H23NO2.2C12H21NO2.C12H22O.C11H20O2/c3*1-9(14)11(15)13-7-5-6-10(8-13)12(2,3)4;1-9(13)10-5-7-11(8-6-10)12(2,3)4;1-11(2,3)9-6-4-5-8(7-9)10(12)13/h9-10,14H,5-8H2,1-4H3;2*10H,5-8H2,1-4H3;10-11H,5-8H2,1-4H3;8-9H,4-7H2,1-3H3,(H,12,13). The molecule has 3 aliphatic heterocycles. The number of aliphatic hydroxyl groups excluding tert-OH is 1. The molecule has 412 valence electrons. The molecule has 0 spiro atoms. The smallest absolute Gasteiger partial charge is 0.306 e. The number of carboxylic acids is 1. The first-order valence-electron chi connectivity index (χ1n) is 27.6. The van der Waals surface area contributed by atoms with E-state index < -0.39 is 12.1 Å². The Labute approximate surface area is 433 Å². The number of Topliss-reactive ketones (excluding diaryl/α,β-unsaturated/α-hetero) is 3. The van der Waals surface area contributed by atoms with Gasteiger partial charge in [-0.25, -0.2) is 0 Å². The van der Waals surface area contributed by atoms with Crippen LogP contribution in [0.4, 0.5) is 0 Å². The molecule has 5 fully saturated rings. The lowest BCUT2D eigenvalue weighted by atomic mass is 9.69. The maximum Gasteiger partial charge on any atom is 0.306 e. The molecule has 2 saturated carbocycles. The lowest BCUT2D eigenvalue weighted by molar-refractivity contribution is -0.145. The fourth-order valence-electron chi connectivity index (χ4n) is 10.9. The van der Waals surface area contributed by atoms with E-state index in [4.69, 9.17) is 5.11 Å². The molecule has 0 bridgehead atoms. The second-order valence-electron chi connectivity index (χ2n) is 27.5. The molecular weight excluding hydrogens is 895 g/mol. The van der Waals surface area contributed by atoms with Crippen LogP contribution < -0.4 is 0 Å². The average molecular weight is 1000 g/mol. The maximum absolute atomic E-state index is 11.6. The average Bonchev–Trinajstić information content (AvgIpc) is 3.27. The minimum atomic E-state index is -0.858. The number of ketones is 3. The molecular formula is C59H107N3O9. The third-order valence-corrected chi connectivity index (χ3v) is 16.6. The molecule has 0 radical (unpaired) electrons. The SMILES string of the molecule is CC(=O)C(=O)N1CCCC(C(C)(C)C)C1.CC(=O)C(=O)N1CCCC(C(C)(C)C)C1.CC(=O)C1CCC(C(C)(C)C)CC1.CC(C)(C)C1CCCC(C(=O)O)C1.CC(O)C(=O)N1CCCC(C(C)(C)C)C1. The van der Waals surface area contributed by atoms with Crippen LogP contribution in [-0.4, -0.2) is 111 Å². The minimum absolute atomic E-state index is 0.0852. The van der Waals surface area contributed by atoms with Gasteiger partial charge in [0.25, 0.3) is 17.7 Å². The summed E-state index contributed by atoms with van der Waals surface area (Å²) < 4.78 is 0. The maximum atomic E-state index is 11.6. The van der Waals surface area contributed by atoms with Crippen LogP contribution in [0.1, 0.15) is 221 Å². The number of nitrogens with zero attached hydrogens (tertiary/aromatic N) is 3. The molecule has 0 aromatic rings. The molecule has 0 aromatic heterocycles. The fourth-order valence-corrected chi connectivity index (χ4v) is 10.9. The summed E-state index contributed by atoms with van der Waals surface area (Å²) in [6, 6.07) is 0. The molecule has 12 nitrogen and oxygen atoms in total. The quantitative estimate of drug-likeness (QED) is 0.255. The van der Waals surface area contributed by atoms with E-state index in [2.05, 4.69) is 104 Å². The van der Waals surface area contributed by atoms with Gasteiger partial charge in [-0.15, -0.1) is 0 Å². The number of likely N-dealkylation sites (tertiary alicyclic amines) is 3. The van der Waals surface area contributed by atoms with Crippen molar-refractivity contribution in [2.75, 3.05) is 39.3 Å². The normalized spacial score (nSPS) is 25.9. The topological polar surface area (TPSA) is 170 Å². The number of hydrogen-bond donors (Lipinski definition) is 2. The van der Waals surface area contributed by atoms with E-state index in [1.807, 2.05) is 4.90 Å². The van der Waals surface area contributed by atoms with Crippen molar-refractivity contribution in [1.82, 2.24) is 14.7 Å². The Bertz CT molecular complexity index is 1660. The van der Waals surface area contributed by atoms with Crippen LogP contribution in [0.5, 0.6) is 0 Å². The van der Waals surface area contributed by atoms with Gasteiger partial charge in [-0.3, -0.25) is 33.6 Å². The van der Waals surface area contributed by atoms with Gasteiger partial charge in [-0.1, -0.05) is 110 Å². The molecule has 12 heteroatoms. The molecule has 0 aromatic carbocycles. The van der Waals surface area contributed by atoms with E-state index in [0.29, 0.717) is 40.8 Å². The molecule has 3 amide bonds. The second kappa shape index (κ2) is 28.5. The first kappa shape index (κ1) is 65.9. The highest BCUT2D eigenvalue weighted by Crippen LogP contribution is 2.42. The van der Waals surface area contributed by atoms with Crippen LogP contribution in [0.3, 0.4) is 0 Å². The zero-order chi connectivity index (χ0) is 55.0. The summed E-state index contributed by atoms with van der Waals surface area (Å²) in [6.45, 7) is 43.9. The van der Waals surface area contributed by atoms with Gasteiger partial charge in [0.15, 0.2) is 0 Å². The first-order valence-corrected chi connectivity index (χ1v) is 27.6. The Hall–Kier alpha value is -3.15. The van der Waals surface area contributed by atoms with E-state index in [1.54, 1.807) is 23.6 Å². The molecule has 6 unspecified atom stereocenters. The van der Waals surface area contributed by atoms with Crippen LogP contribution in [0.25, 0.3) is 0 Å². The molecule has 2 N–H and O–H groups in total. The number of aliphatic hydroxyl groups is 1. The van der Waals surface area contributed by atoms with Gasteiger partial charge >= 0.3 is 5.97 Å². The van der Waals surface area contributed by atoms with Crippen molar-refractivity contribution in [3.8, 4) is 0 Å². The Morgan fingerprint density at radius 3 is 1.04 bits per heavy atom. The van der Waals surface area contributed by atoms with Gasteiger partial charge in [-0.2, -0.15) is 0 Å². The number of aliphatic carboxylic acids is 1. The van der Waals surface area contributed by atoms with E-state index in [1.165, 1.54) is 39.5 Å². The van der Waals surface area contributed by atoms with Crippen molar-refractivity contribution in [3.63, 3.8) is 0 Å². The number of amides is 3. The Morgan fingerprint density at radius 1 is 0.423 bits per heavy atom. The summed E-state index contributed by atoms with van der Waals surface area (Å²) in [5, 5.41) is 18.2. The van der Waals surface area contributed by atoms with E-state index in [9.17, 15) is 38.7 Å². The summed E-state index contributed by atoms with van der Waals surface area (Å²) in [5.74, 6) is 1.62. The van der Waals surface area contributed by atoms with Crippen molar-refractivity contribution in [2.45, 2.75) is 228 Å². The minimum Gasteiger partial charge on any atom is -0.481 e. The van der Waals surface area contributed by atoms with Gasteiger partial charge in [0, 0.05) is 59.0 Å². The van der Waals surface area contributed by atoms with Crippen LogP contribution in [-0.2, 0) is 33.6 Å². The predicted molar refractivity (Wildman–Crippen MR) is 287 cm³/mol. The number of carbonyl (C=O) groups excluding carboxylic acids is 6. The summed E-state index contributed by atoms with van der Waals surface area (Å²) in [6.07, 6.45) is 14.5. The van der Waals surface area contributed by atoms with Gasteiger partial charge in [0.1, 0.15) is 11.9 Å². The Balaban J connectivity index is 0.000000444. The predicted octanol–water partition coefficient (Wildman–Crippen LogP) is 11.7.